The van der Waals surface area contributed by atoms with E-state index in [1.165, 1.54) is 0 Å². The number of ether oxygens (including phenoxy) is 6. The molecule has 0 aliphatic heterocycles. The zero-order valence-corrected chi connectivity index (χ0v) is 66.6. The van der Waals surface area contributed by atoms with E-state index < -0.39 is 130 Å². The lowest BCUT2D eigenvalue weighted by atomic mass is 10.4. The van der Waals surface area contributed by atoms with Gasteiger partial charge in [0.05, 0.1) is 82.9 Å². The second-order valence-electron chi connectivity index (χ2n) is 25.7. The van der Waals surface area contributed by atoms with Gasteiger partial charge in [-0.15, -0.1) is 6.58 Å². The zero-order valence-electron chi connectivity index (χ0n) is 56.2. The highest BCUT2D eigenvalue weighted by atomic mass is 28.5. The van der Waals surface area contributed by atoms with Crippen molar-refractivity contribution in [2.45, 2.75) is 266 Å². The minimum atomic E-state index is -4.33. The molecule has 0 rings (SSSR count). The van der Waals surface area contributed by atoms with Crippen LogP contribution < -0.4 is 0 Å². The molecule has 0 aliphatic carbocycles. The summed E-state index contributed by atoms with van der Waals surface area (Å²) in [6.07, 6.45) is -8.87. The summed E-state index contributed by atoms with van der Waals surface area (Å²) >= 11 is 0. The summed E-state index contributed by atoms with van der Waals surface area (Å²) < 4.78 is 162. The van der Waals surface area contributed by atoms with Crippen LogP contribution >= 0.6 is 0 Å². The quantitative estimate of drug-likeness (QED) is 0.0226. The van der Waals surface area contributed by atoms with Gasteiger partial charge in [0.25, 0.3) is 0 Å². The van der Waals surface area contributed by atoms with Crippen molar-refractivity contribution in [1.29, 1.82) is 0 Å². The molecule has 0 amide bonds. The minimum Gasteiger partial charge on any atom is -0.440 e. The lowest BCUT2D eigenvalue weighted by Gasteiger charge is -2.44. The molecule has 0 aromatic carbocycles. The van der Waals surface area contributed by atoms with Crippen LogP contribution in [0.4, 0.5) is 26.3 Å². The zero-order chi connectivity index (χ0) is 66.2. The maximum atomic E-state index is 13.5. The number of halogens is 6. The molecule has 85 heavy (non-hydrogen) atoms. The van der Waals surface area contributed by atoms with Gasteiger partial charge in [-0.2, -0.15) is 26.3 Å². The summed E-state index contributed by atoms with van der Waals surface area (Å²) in [4.78, 5) is 0. The monoisotopic (exact) mass is 1410 g/mol. The van der Waals surface area contributed by atoms with Crippen molar-refractivity contribution in [3.8, 4) is 0 Å². The molecule has 0 radical (unpaired) electrons. The Labute approximate surface area is 524 Å². The summed E-state index contributed by atoms with van der Waals surface area (Å²) in [7, 11) is -24.5. The van der Waals surface area contributed by atoms with E-state index in [2.05, 4.69) is 32.8 Å². The summed E-state index contributed by atoms with van der Waals surface area (Å²) in [5.74, 6) is 0. The number of aliphatic hydroxyl groups is 3. The molecule has 6 unspecified atom stereocenters. The van der Waals surface area contributed by atoms with Crippen molar-refractivity contribution in [3.63, 3.8) is 0 Å². The van der Waals surface area contributed by atoms with Gasteiger partial charge in [-0.1, -0.05) is 13.5 Å². The number of hydrogen-bond acceptors (Lipinski definition) is 17. The highest BCUT2D eigenvalue weighted by Gasteiger charge is 2.50. The molecule has 0 saturated heterocycles. The molecule has 0 aliphatic rings. The molecular weight excluding hydrogens is 1290 g/mol. The average Bonchev–Trinajstić information content (AvgIpc) is 3.25. The van der Waals surface area contributed by atoms with E-state index in [-0.39, 0.29) is 51.0 Å². The SMILES string of the molecule is C.C=CCOCC(C)OCC(C)O.CC(O)COC(C)COCCC[Si](C)(C)O[Si](C)(C)O[Si](C)(CCC(F)(F)F)O[Si](C)(C)O[Si](C)(C)CCCOCC(C)OCC(C)O.C[SiH](C)O[Si](C)(C)O[Si](C)(CCC(F)(F)F)O[Si](C)(C)O[SiH](C)C. The first kappa shape index (κ1) is 92.2. The molecule has 0 fully saturated rings. The Hall–Kier alpha value is 0.809. The Morgan fingerprint density at radius 2 is 0.694 bits per heavy atom. The molecule has 0 saturated carbocycles. The molecule has 33 heteroatoms. The molecule has 0 spiro atoms. The van der Waals surface area contributed by atoms with Gasteiger partial charge in [0.2, 0.25) is 0 Å². The van der Waals surface area contributed by atoms with Gasteiger partial charge in [0, 0.05) is 26.1 Å². The van der Waals surface area contributed by atoms with E-state index in [1.54, 1.807) is 39.9 Å². The topological polar surface area (TPSA) is 190 Å². The van der Waals surface area contributed by atoms with Gasteiger partial charge in [0.15, 0.2) is 34.7 Å². The maximum absolute atomic E-state index is 13.5. The predicted molar refractivity (Wildman–Crippen MR) is 355 cm³/mol. The average molecular weight is 1420 g/mol. The third-order valence-electron chi connectivity index (χ3n) is 10.9. The van der Waals surface area contributed by atoms with Crippen LogP contribution in [0.5, 0.6) is 0 Å². The van der Waals surface area contributed by atoms with E-state index in [0.717, 1.165) is 24.9 Å². The third-order valence-corrected chi connectivity index (χ3v) is 47.8. The standard InChI is InChI=1S/C30H69F3O10Si5.C12H33F3O4Si5.C9H18O3.CH4/c1-26(34)22-38-28(3)24-36-17-14-19-44(5,6)40-46(9,10)42-48(13,21-16-30(31,32)33)43-47(11,12)41-45(7,8)20-15-18-37-25-29(4)39-23-27(2)35;1-20(2)16-22(5,6)18-24(9,11-10-12(13,14)15)19-23(7,8)17-21(3)4;1-4-5-11-7-9(3)12-6-8(2)10;/h26-29,34-35H,14-25H2,1-13H3;20-21H,10-11H2,1-9H3;4,8-10H,1,5-7H2,2-3H3;1H4. The largest absolute Gasteiger partial charge is 0.440 e. The van der Waals surface area contributed by atoms with Crippen molar-refractivity contribution in [2.24, 2.45) is 0 Å². The smallest absolute Gasteiger partial charge is 0.389 e. The molecule has 3 N–H and O–H groups in total. The summed E-state index contributed by atoms with van der Waals surface area (Å²) in [6, 6.07) is 1.25. The Morgan fingerprint density at radius 1 is 0.424 bits per heavy atom. The highest BCUT2D eigenvalue weighted by molar-refractivity contribution is 6.91. The summed E-state index contributed by atoms with van der Waals surface area (Å²) in [5, 5.41) is 27.6. The van der Waals surface area contributed by atoms with Crippen LogP contribution in [0.1, 0.15) is 74.7 Å². The minimum absolute atomic E-state index is 0. The van der Waals surface area contributed by atoms with Gasteiger partial charge in [-0.3, -0.25) is 0 Å². The normalized spacial score (nSPS) is 16.3. The third kappa shape index (κ3) is 59.6. The lowest BCUT2D eigenvalue weighted by molar-refractivity contribution is -0.132. The van der Waals surface area contributed by atoms with Crippen molar-refractivity contribution >= 4 is 86.1 Å². The maximum Gasteiger partial charge on any atom is 0.389 e. The second kappa shape index (κ2) is 43.7. The Bertz CT molecular complexity index is 1620. The van der Waals surface area contributed by atoms with Crippen molar-refractivity contribution < 1.29 is 103 Å². The van der Waals surface area contributed by atoms with Crippen LogP contribution in [0.3, 0.4) is 0 Å². The van der Waals surface area contributed by atoms with Crippen LogP contribution in [0.2, 0.25) is 142 Å². The lowest BCUT2D eigenvalue weighted by Crippen LogP contribution is -2.60. The van der Waals surface area contributed by atoms with E-state index in [9.17, 15) is 36.6 Å². The fourth-order valence-corrected chi connectivity index (χ4v) is 54.5. The first-order valence-electron chi connectivity index (χ1n) is 29.7. The molecule has 0 bridgehead atoms. The van der Waals surface area contributed by atoms with E-state index in [4.69, 9.17) is 66.4 Å². The Morgan fingerprint density at radius 3 is 0.941 bits per heavy atom. The number of alkyl halides is 6. The van der Waals surface area contributed by atoms with E-state index in [1.807, 2.05) is 99.3 Å². The molecule has 0 aromatic heterocycles. The van der Waals surface area contributed by atoms with E-state index in [0.29, 0.717) is 46.2 Å². The highest BCUT2D eigenvalue weighted by Crippen LogP contribution is 2.35. The molecule has 0 heterocycles. The van der Waals surface area contributed by atoms with Gasteiger partial charge >= 0.3 is 63.7 Å². The van der Waals surface area contributed by atoms with Crippen LogP contribution in [0.25, 0.3) is 0 Å². The van der Waals surface area contributed by atoms with Crippen molar-refractivity contribution in [3.05, 3.63) is 12.7 Å². The van der Waals surface area contributed by atoms with Crippen LogP contribution in [0.15, 0.2) is 12.7 Å². The van der Waals surface area contributed by atoms with Crippen LogP contribution in [0, 0.1) is 0 Å². The van der Waals surface area contributed by atoms with Gasteiger partial charge < -0.3 is 76.7 Å². The van der Waals surface area contributed by atoms with Gasteiger partial charge in [-0.05, 0) is 196 Å². The van der Waals surface area contributed by atoms with Crippen LogP contribution in [-0.2, 0) is 61.3 Å². The fourth-order valence-electron chi connectivity index (χ4n) is 8.79. The second-order valence-corrected chi connectivity index (χ2v) is 61.5. The van der Waals surface area contributed by atoms with Gasteiger partial charge in [0.1, 0.15) is 0 Å². The van der Waals surface area contributed by atoms with Gasteiger partial charge in [-0.25, -0.2) is 0 Å². The number of hydrogen-bond donors (Lipinski definition) is 3. The molecule has 0 aromatic rings. The number of aliphatic hydroxyl groups excluding tert-OH is 3. The van der Waals surface area contributed by atoms with Crippen molar-refractivity contribution in [2.75, 3.05) is 59.5 Å². The first-order chi connectivity index (χ1) is 37.8. The molecule has 516 valence electrons. The summed E-state index contributed by atoms with van der Waals surface area (Å²) in [5.41, 5.74) is 0. The Kier molecular flexibility index (Phi) is 47.4. The van der Waals surface area contributed by atoms with Crippen LogP contribution in [-0.4, -0.2) is 210 Å². The molecular formula is C52H124F6O17Si10. The fraction of sp³-hybridized carbons (Fsp3) is 0.962. The Balaban J connectivity index is -0.000000728. The number of rotatable bonds is 45. The van der Waals surface area contributed by atoms with Crippen molar-refractivity contribution in [1.82, 2.24) is 0 Å². The first-order valence-corrected chi connectivity index (χ1v) is 57.8. The summed E-state index contributed by atoms with van der Waals surface area (Å²) in [6.45, 7) is 53.2. The molecule has 17 nitrogen and oxygen atoms in total. The predicted octanol–water partition coefficient (Wildman–Crippen LogP) is 13.3. The van der Waals surface area contributed by atoms with E-state index >= 15 is 0 Å². The molecule has 6 atom stereocenters.